The number of amides is 3. The van der Waals surface area contributed by atoms with Crippen LogP contribution in [0.5, 0.6) is 0 Å². The van der Waals surface area contributed by atoms with Gasteiger partial charge >= 0.3 is 18.3 Å². The molecule has 1 saturated heterocycles. The highest BCUT2D eigenvalue weighted by atomic mass is 35.5. The molecule has 0 bridgehead atoms. The number of rotatable bonds is 7. The molecule has 1 aliphatic rings. The number of hydrogen-bond acceptors (Lipinski definition) is 8. The molecule has 14 heteroatoms. The molecule has 1 aliphatic heterocycles. The van der Waals surface area contributed by atoms with E-state index in [4.69, 9.17) is 53.8 Å². The second-order valence-corrected chi connectivity index (χ2v) is 10.0. The Bertz CT molecular complexity index is 1400. The minimum Gasteiger partial charge on any atom is -0.447 e. The molecule has 4 atom stereocenters. The monoisotopic (exact) mass is 623 g/mol. The van der Waals surface area contributed by atoms with E-state index in [2.05, 4.69) is 16.0 Å². The predicted molar refractivity (Wildman–Crippen MR) is 153 cm³/mol. The van der Waals surface area contributed by atoms with Crippen molar-refractivity contribution in [1.29, 1.82) is 0 Å². The Balaban J connectivity index is 1.41. The fourth-order valence-corrected chi connectivity index (χ4v) is 4.41. The average molecular weight is 625 g/mol. The number of nitrogens with one attached hydrogen (secondary N) is 3. The number of ether oxygens (including phenoxy) is 4. The smallest absolute Gasteiger partial charge is 0.412 e. The molecule has 3 aromatic rings. The average Bonchev–Trinajstić information content (AvgIpc) is 2.89. The summed E-state index contributed by atoms with van der Waals surface area (Å²) >= 11 is 17.8. The molecule has 0 spiro atoms. The van der Waals surface area contributed by atoms with Gasteiger partial charge in [0, 0.05) is 38.6 Å². The van der Waals surface area contributed by atoms with Gasteiger partial charge in [0.05, 0.1) is 6.10 Å². The van der Waals surface area contributed by atoms with E-state index in [9.17, 15) is 19.5 Å². The number of halogens is 3. The summed E-state index contributed by atoms with van der Waals surface area (Å²) in [5.41, 5.74) is 1.09. The Hall–Kier alpha value is -3.74. The summed E-state index contributed by atoms with van der Waals surface area (Å²) in [7, 11) is 0. The van der Waals surface area contributed by atoms with Crippen LogP contribution in [0.4, 0.5) is 31.4 Å². The Morgan fingerprint density at radius 1 is 0.756 bits per heavy atom. The van der Waals surface area contributed by atoms with Crippen molar-refractivity contribution in [1.82, 2.24) is 0 Å². The van der Waals surface area contributed by atoms with Gasteiger partial charge in [0.25, 0.3) is 0 Å². The zero-order valence-electron chi connectivity index (χ0n) is 21.1. The standard InChI is InChI=1S/C27H24Cl3N3O8/c28-15-4-1-7-18(10-15)31-25(35)38-14-21-13-22(40-26(36)32-19-8-2-5-16(29)11-19)23(24(34)39-21)41-27(37)33-20-9-3-6-17(30)12-20/h1-12,21-24,34H,13-14H2,(H,31,35)(H,32,36)(H,33,37)/t21-,22-,23+,24-/m0/s1. The van der Waals surface area contributed by atoms with Crippen LogP contribution in [-0.4, -0.2) is 54.6 Å². The summed E-state index contributed by atoms with van der Waals surface area (Å²) in [6, 6.07) is 19.1. The first-order valence-electron chi connectivity index (χ1n) is 12.1. The lowest BCUT2D eigenvalue weighted by molar-refractivity contribution is -0.248. The molecule has 0 aliphatic carbocycles. The molecule has 0 aromatic heterocycles. The number of aliphatic hydroxyl groups is 1. The van der Waals surface area contributed by atoms with Crippen molar-refractivity contribution < 1.29 is 38.4 Å². The second kappa shape index (κ2) is 14.2. The van der Waals surface area contributed by atoms with Crippen LogP contribution < -0.4 is 16.0 Å². The molecule has 3 amide bonds. The highest BCUT2D eigenvalue weighted by Gasteiger charge is 2.43. The number of carbonyl (C=O) groups is 3. The maximum atomic E-state index is 12.7. The lowest BCUT2D eigenvalue weighted by Gasteiger charge is -2.37. The summed E-state index contributed by atoms with van der Waals surface area (Å²) in [5, 5.41) is 19.4. The van der Waals surface area contributed by atoms with Crippen LogP contribution in [0.3, 0.4) is 0 Å². The Labute approximate surface area is 249 Å². The van der Waals surface area contributed by atoms with E-state index in [0.29, 0.717) is 32.1 Å². The van der Waals surface area contributed by atoms with Gasteiger partial charge < -0.3 is 24.1 Å². The maximum absolute atomic E-state index is 12.7. The van der Waals surface area contributed by atoms with Gasteiger partial charge in [0.15, 0.2) is 12.4 Å². The summed E-state index contributed by atoms with van der Waals surface area (Å²) in [6.07, 6.45) is -8.06. The van der Waals surface area contributed by atoms with E-state index in [1.54, 1.807) is 54.6 Å². The van der Waals surface area contributed by atoms with Gasteiger partial charge in [-0.1, -0.05) is 53.0 Å². The molecular formula is C27H24Cl3N3O8. The van der Waals surface area contributed by atoms with E-state index in [-0.39, 0.29) is 13.0 Å². The number of hydrogen-bond donors (Lipinski definition) is 4. The summed E-state index contributed by atoms with van der Waals surface area (Å²) in [6.45, 7) is -0.319. The summed E-state index contributed by atoms with van der Waals surface area (Å²) in [4.78, 5) is 37.5. The first-order chi connectivity index (χ1) is 19.6. The zero-order chi connectivity index (χ0) is 29.4. The highest BCUT2D eigenvalue weighted by Crippen LogP contribution is 2.27. The number of aliphatic hydroxyl groups excluding tert-OH is 1. The summed E-state index contributed by atoms with van der Waals surface area (Å²) < 4.78 is 21.6. The first-order valence-corrected chi connectivity index (χ1v) is 13.3. The molecule has 11 nitrogen and oxygen atoms in total. The SMILES string of the molecule is O=C(Nc1cccc(Cl)c1)OC[C@@H]1C[C@H](OC(=O)Nc2cccc(Cl)c2)[C@@H](OC(=O)Nc2cccc(Cl)c2)[C@@H](O)O1. The third-order valence-corrected chi connectivity index (χ3v) is 6.29. The van der Waals surface area contributed by atoms with Crippen molar-refractivity contribution in [3.63, 3.8) is 0 Å². The van der Waals surface area contributed by atoms with Gasteiger partial charge in [-0.15, -0.1) is 0 Å². The van der Waals surface area contributed by atoms with Gasteiger partial charge in [0.1, 0.15) is 12.7 Å². The second-order valence-electron chi connectivity index (χ2n) is 8.70. The van der Waals surface area contributed by atoms with Crippen molar-refractivity contribution in [2.75, 3.05) is 22.6 Å². The molecule has 216 valence electrons. The fourth-order valence-electron chi connectivity index (χ4n) is 3.84. The molecular weight excluding hydrogens is 601 g/mol. The molecule has 1 fully saturated rings. The Morgan fingerprint density at radius 3 is 1.71 bits per heavy atom. The van der Waals surface area contributed by atoms with Crippen LogP contribution >= 0.6 is 34.8 Å². The van der Waals surface area contributed by atoms with Crippen molar-refractivity contribution in [3.05, 3.63) is 87.9 Å². The molecule has 0 unspecified atom stereocenters. The molecule has 1 heterocycles. The lowest BCUT2D eigenvalue weighted by Crippen LogP contribution is -2.53. The topological polar surface area (TPSA) is 144 Å². The molecule has 3 aromatic carbocycles. The normalized spacial score (nSPS) is 19.9. The van der Waals surface area contributed by atoms with Crippen LogP contribution in [0.2, 0.25) is 15.1 Å². The van der Waals surface area contributed by atoms with Crippen LogP contribution in [0.25, 0.3) is 0 Å². The van der Waals surface area contributed by atoms with E-state index >= 15 is 0 Å². The molecule has 4 rings (SSSR count). The Morgan fingerprint density at radius 2 is 1.22 bits per heavy atom. The van der Waals surface area contributed by atoms with Gasteiger partial charge in [0.2, 0.25) is 0 Å². The highest BCUT2D eigenvalue weighted by molar-refractivity contribution is 6.31. The predicted octanol–water partition coefficient (Wildman–Crippen LogP) is 6.54. The Kier molecular flexibility index (Phi) is 10.5. The van der Waals surface area contributed by atoms with Gasteiger partial charge in [-0.05, 0) is 54.6 Å². The van der Waals surface area contributed by atoms with Crippen molar-refractivity contribution in [2.45, 2.75) is 31.0 Å². The fraction of sp³-hybridized carbons (Fsp3) is 0.222. The minimum absolute atomic E-state index is 0.0976. The van der Waals surface area contributed by atoms with Crippen LogP contribution in [0.1, 0.15) is 6.42 Å². The van der Waals surface area contributed by atoms with E-state index < -0.39 is 42.9 Å². The molecule has 0 saturated carbocycles. The number of carbonyl (C=O) groups excluding carboxylic acids is 3. The molecule has 0 radical (unpaired) electrons. The first kappa shape index (κ1) is 30.2. The summed E-state index contributed by atoms with van der Waals surface area (Å²) in [5.74, 6) is 0. The van der Waals surface area contributed by atoms with Gasteiger partial charge in [-0.25, -0.2) is 14.4 Å². The number of anilines is 3. The van der Waals surface area contributed by atoms with Crippen molar-refractivity contribution in [2.24, 2.45) is 0 Å². The van der Waals surface area contributed by atoms with E-state index in [1.165, 1.54) is 18.2 Å². The van der Waals surface area contributed by atoms with Crippen molar-refractivity contribution in [3.8, 4) is 0 Å². The maximum Gasteiger partial charge on any atom is 0.412 e. The third-order valence-electron chi connectivity index (χ3n) is 5.59. The quantitative estimate of drug-likeness (QED) is 0.217. The zero-order valence-corrected chi connectivity index (χ0v) is 23.4. The third kappa shape index (κ3) is 9.41. The molecule has 4 N–H and O–H groups in total. The van der Waals surface area contributed by atoms with Crippen LogP contribution in [0, 0.1) is 0 Å². The van der Waals surface area contributed by atoms with E-state index in [1.807, 2.05) is 0 Å². The molecule has 41 heavy (non-hydrogen) atoms. The van der Waals surface area contributed by atoms with Gasteiger partial charge in [-0.3, -0.25) is 16.0 Å². The van der Waals surface area contributed by atoms with Crippen molar-refractivity contribution >= 4 is 70.1 Å². The largest absolute Gasteiger partial charge is 0.447 e. The van der Waals surface area contributed by atoms with Crippen LogP contribution in [-0.2, 0) is 18.9 Å². The lowest BCUT2D eigenvalue weighted by atomic mass is 10.0. The van der Waals surface area contributed by atoms with E-state index in [0.717, 1.165) is 0 Å². The van der Waals surface area contributed by atoms with Crippen LogP contribution in [0.15, 0.2) is 72.8 Å². The minimum atomic E-state index is -1.73. The van der Waals surface area contributed by atoms with Gasteiger partial charge in [-0.2, -0.15) is 0 Å². The number of benzene rings is 3.